The number of benzene rings is 1. The Balaban J connectivity index is 2.52. The van der Waals surface area contributed by atoms with Crippen molar-refractivity contribution in [3.63, 3.8) is 0 Å². The highest BCUT2D eigenvalue weighted by atomic mass is 16.5. The van der Waals surface area contributed by atoms with Crippen LogP contribution in [0.2, 0.25) is 0 Å². The van der Waals surface area contributed by atoms with Crippen molar-refractivity contribution in [3.05, 3.63) is 24.3 Å². The molecule has 0 radical (unpaired) electrons. The van der Waals surface area contributed by atoms with Gasteiger partial charge < -0.3 is 15.8 Å². The molecule has 0 heterocycles. The summed E-state index contributed by atoms with van der Waals surface area (Å²) >= 11 is 0. The SMILES string of the molecule is CCCOc1ccc(NC(C)C(=O)NC(N)=O)cc1. The Morgan fingerprint density at radius 1 is 1.32 bits per heavy atom. The second-order valence-corrected chi connectivity index (χ2v) is 4.09. The minimum absolute atomic E-state index is 0.473. The molecule has 1 atom stereocenters. The number of amides is 3. The van der Waals surface area contributed by atoms with Gasteiger partial charge in [0.1, 0.15) is 11.8 Å². The summed E-state index contributed by atoms with van der Waals surface area (Å²) in [4.78, 5) is 22.0. The maximum atomic E-state index is 11.5. The minimum Gasteiger partial charge on any atom is -0.494 e. The number of hydrogen-bond acceptors (Lipinski definition) is 4. The lowest BCUT2D eigenvalue weighted by Crippen LogP contribution is -2.43. The number of anilines is 1. The van der Waals surface area contributed by atoms with Gasteiger partial charge in [-0.3, -0.25) is 10.1 Å². The van der Waals surface area contributed by atoms with Gasteiger partial charge in [0.15, 0.2) is 0 Å². The number of carbonyl (C=O) groups is 2. The van der Waals surface area contributed by atoms with E-state index in [1.807, 2.05) is 24.4 Å². The van der Waals surface area contributed by atoms with Crippen LogP contribution >= 0.6 is 0 Å². The highest BCUT2D eigenvalue weighted by Crippen LogP contribution is 2.16. The zero-order valence-electron chi connectivity index (χ0n) is 11.1. The molecular weight excluding hydrogens is 246 g/mol. The molecule has 1 unspecified atom stereocenters. The monoisotopic (exact) mass is 265 g/mol. The van der Waals surface area contributed by atoms with Gasteiger partial charge in [0.2, 0.25) is 5.91 Å². The summed E-state index contributed by atoms with van der Waals surface area (Å²) in [7, 11) is 0. The molecule has 0 saturated carbocycles. The van der Waals surface area contributed by atoms with E-state index < -0.39 is 18.0 Å². The molecule has 104 valence electrons. The molecule has 3 amide bonds. The predicted octanol–water partition coefficient (Wildman–Crippen LogP) is 1.47. The minimum atomic E-state index is -0.859. The molecule has 0 aliphatic carbocycles. The maximum Gasteiger partial charge on any atom is 0.318 e. The smallest absolute Gasteiger partial charge is 0.318 e. The first-order valence-electron chi connectivity index (χ1n) is 6.12. The van der Waals surface area contributed by atoms with Crippen molar-refractivity contribution in [2.24, 2.45) is 5.73 Å². The molecular formula is C13H19N3O3. The van der Waals surface area contributed by atoms with Gasteiger partial charge in [-0.05, 0) is 37.6 Å². The number of ether oxygens (including phenoxy) is 1. The van der Waals surface area contributed by atoms with Crippen molar-refractivity contribution >= 4 is 17.6 Å². The van der Waals surface area contributed by atoms with Crippen LogP contribution in [0.15, 0.2) is 24.3 Å². The Bertz CT molecular complexity index is 431. The van der Waals surface area contributed by atoms with Gasteiger partial charge in [-0.2, -0.15) is 0 Å². The molecule has 0 fully saturated rings. The zero-order valence-corrected chi connectivity index (χ0v) is 11.1. The van der Waals surface area contributed by atoms with Crippen LogP contribution in [0.25, 0.3) is 0 Å². The second-order valence-electron chi connectivity index (χ2n) is 4.09. The van der Waals surface area contributed by atoms with Gasteiger partial charge in [-0.25, -0.2) is 4.79 Å². The van der Waals surface area contributed by atoms with E-state index in [4.69, 9.17) is 10.5 Å². The van der Waals surface area contributed by atoms with Gasteiger partial charge >= 0.3 is 6.03 Å². The molecule has 6 heteroatoms. The van der Waals surface area contributed by atoms with Crippen LogP contribution in [0.1, 0.15) is 20.3 Å². The molecule has 1 aromatic rings. The first-order chi connectivity index (χ1) is 9.02. The highest BCUT2D eigenvalue weighted by Gasteiger charge is 2.13. The van der Waals surface area contributed by atoms with Gasteiger partial charge in [-0.15, -0.1) is 0 Å². The third-order valence-electron chi connectivity index (χ3n) is 2.35. The number of primary amides is 1. The standard InChI is InChI=1S/C13H19N3O3/c1-3-8-19-11-6-4-10(5-7-11)15-9(2)12(17)16-13(14)18/h4-7,9,15H,3,8H2,1-2H3,(H3,14,16,17,18). The Morgan fingerprint density at radius 2 is 1.95 bits per heavy atom. The summed E-state index contributed by atoms with van der Waals surface area (Å²) in [6.07, 6.45) is 0.949. The van der Waals surface area contributed by atoms with Crippen molar-refractivity contribution in [1.29, 1.82) is 0 Å². The third-order valence-corrected chi connectivity index (χ3v) is 2.35. The molecule has 1 rings (SSSR count). The Morgan fingerprint density at radius 3 is 2.47 bits per heavy atom. The molecule has 19 heavy (non-hydrogen) atoms. The summed E-state index contributed by atoms with van der Waals surface area (Å²) in [5.41, 5.74) is 5.64. The third kappa shape index (κ3) is 5.29. The largest absolute Gasteiger partial charge is 0.494 e. The molecule has 0 spiro atoms. The van der Waals surface area contributed by atoms with E-state index in [2.05, 4.69) is 5.32 Å². The predicted molar refractivity (Wildman–Crippen MR) is 73.0 cm³/mol. The number of urea groups is 1. The second kappa shape index (κ2) is 7.25. The normalized spacial score (nSPS) is 11.5. The van der Waals surface area contributed by atoms with Crippen molar-refractivity contribution in [3.8, 4) is 5.75 Å². The average Bonchev–Trinajstić information content (AvgIpc) is 2.37. The van der Waals surface area contributed by atoms with Gasteiger partial charge in [0.25, 0.3) is 0 Å². The Hall–Kier alpha value is -2.24. The van der Waals surface area contributed by atoms with Crippen LogP contribution in [0.4, 0.5) is 10.5 Å². The fourth-order valence-corrected chi connectivity index (χ4v) is 1.41. The summed E-state index contributed by atoms with van der Waals surface area (Å²) < 4.78 is 5.45. The lowest BCUT2D eigenvalue weighted by atomic mass is 10.2. The molecule has 0 saturated heterocycles. The van der Waals surface area contributed by atoms with Crippen molar-refractivity contribution < 1.29 is 14.3 Å². The molecule has 1 aromatic carbocycles. The Kier molecular flexibility index (Phi) is 5.66. The fourth-order valence-electron chi connectivity index (χ4n) is 1.41. The quantitative estimate of drug-likeness (QED) is 0.726. The molecule has 4 N–H and O–H groups in total. The van der Waals surface area contributed by atoms with E-state index in [0.717, 1.165) is 17.9 Å². The number of rotatable bonds is 6. The molecule has 0 aliphatic heterocycles. The van der Waals surface area contributed by atoms with Crippen LogP contribution in [-0.2, 0) is 4.79 Å². The van der Waals surface area contributed by atoms with Gasteiger partial charge in [-0.1, -0.05) is 6.92 Å². The van der Waals surface area contributed by atoms with E-state index in [-0.39, 0.29) is 0 Å². The van der Waals surface area contributed by atoms with Gasteiger partial charge in [0, 0.05) is 5.69 Å². The number of nitrogens with one attached hydrogen (secondary N) is 2. The fraction of sp³-hybridized carbons (Fsp3) is 0.385. The van der Waals surface area contributed by atoms with Gasteiger partial charge in [0.05, 0.1) is 6.61 Å². The number of nitrogens with two attached hydrogens (primary N) is 1. The summed E-state index contributed by atoms with van der Waals surface area (Å²) in [5, 5.41) is 4.97. The summed E-state index contributed by atoms with van der Waals surface area (Å²) in [6.45, 7) is 4.35. The first kappa shape index (κ1) is 14.8. The van der Waals surface area contributed by atoms with E-state index in [1.54, 1.807) is 19.1 Å². The summed E-state index contributed by atoms with van der Waals surface area (Å²) in [5.74, 6) is 0.306. The van der Waals surface area contributed by atoms with Crippen molar-refractivity contribution in [2.45, 2.75) is 26.3 Å². The van der Waals surface area contributed by atoms with Crippen molar-refractivity contribution in [2.75, 3.05) is 11.9 Å². The Labute approximate surface area is 112 Å². The number of hydrogen-bond donors (Lipinski definition) is 3. The topological polar surface area (TPSA) is 93.4 Å². The highest BCUT2D eigenvalue weighted by molar-refractivity contribution is 5.97. The van der Waals surface area contributed by atoms with Crippen LogP contribution < -0.4 is 21.1 Å². The van der Waals surface area contributed by atoms with Crippen molar-refractivity contribution in [1.82, 2.24) is 5.32 Å². The lowest BCUT2D eigenvalue weighted by molar-refractivity contribution is -0.120. The first-order valence-corrected chi connectivity index (χ1v) is 6.12. The van der Waals surface area contributed by atoms with E-state index in [9.17, 15) is 9.59 Å². The van der Waals surface area contributed by atoms with Crippen LogP contribution in [0.3, 0.4) is 0 Å². The molecule has 6 nitrogen and oxygen atoms in total. The van der Waals surface area contributed by atoms with E-state index in [1.165, 1.54) is 0 Å². The number of imide groups is 1. The van der Waals surface area contributed by atoms with Crippen LogP contribution in [0.5, 0.6) is 5.75 Å². The molecule has 0 aromatic heterocycles. The van der Waals surface area contributed by atoms with E-state index >= 15 is 0 Å². The summed E-state index contributed by atoms with van der Waals surface area (Å²) in [6, 6.07) is 5.82. The zero-order chi connectivity index (χ0) is 14.3. The number of carbonyl (C=O) groups excluding carboxylic acids is 2. The van der Waals surface area contributed by atoms with Crippen LogP contribution in [-0.4, -0.2) is 24.6 Å². The molecule has 0 bridgehead atoms. The molecule has 0 aliphatic rings. The maximum absolute atomic E-state index is 11.5. The van der Waals surface area contributed by atoms with Crippen LogP contribution in [0, 0.1) is 0 Å². The van der Waals surface area contributed by atoms with E-state index in [0.29, 0.717) is 6.61 Å². The lowest BCUT2D eigenvalue weighted by Gasteiger charge is -2.14. The average molecular weight is 265 g/mol.